The van der Waals surface area contributed by atoms with Crippen molar-refractivity contribution in [3.63, 3.8) is 0 Å². The number of para-hydroxylation sites is 2. The van der Waals surface area contributed by atoms with Crippen LogP contribution in [0.2, 0.25) is 10.0 Å². The number of benzene rings is 2. The lowest BCUT2D eigenvalue weighted by Crippen LogP contribution is -2.51. The summed E-state index contributed by atoms with van der Waals surface area (Å²) in [7, 11) is 0. The van der Waals surface area contributed by atoms with Crippen molar-refractivity contribution in [3.8, 4) is 5.75 Å². The van der Waals surface area contributed by atoms with Gasteiger partial charge in [-0.2, -0.15) is 0 Å². The van der Waals surface area contributed by atoms with Crippen molar-refractivity contribution in [2.24, 2.45) is 0 Å². The number of aryl methyl sites for hydroxylation is 1. The number of ether oxygens (including phenoxy) is 1. The van der Waals surface area contributed by atoms with E-state index in [1.165, 1.54) is 0 Å². The van der Waals surface area contributed by atoms with Crippen molar-refractivity contribution in [1.82, 2.24) is 9.80 Å². The molecular formula is C22H25Cl2N3O3. The minimum Gasteiger partial charge on any atom is -0.481 e. The molecule has 160 valence electrons. The van der Waals surface area contributed by atoms with Crippen LogP contribution >= 0.6 is 23.2 Å². The molecule has 30 heavy (non-hydrogen) atoms. The van der Waals surface area contributed by atoms with Crippen molar-refractivity contribution in [3.05, 3.63) is 58.1 Å². The standard InChI is InChI=1S/C22H25Cl2N3O3/c1-2-16-6-3-4-9-19(16)25-20(28)14-26-10-12-27(13-11-26)21(29)15-30-22-17(23)7-5-8-18(22)24/h3-9H,2,10-15H2,1H3,(H,25,28). The minimum atomic E-state index is -0.132. The summed E-state index contributed by atoms with van der Waals surface area (Å²) in [5.74, 6) is 0.135. The average Bonchev–Trinajstić information content (AvgIpc) is 2.74. The van der Waals surface area contributed by atoms with Crippen molar-refractivity contribution < 1.29 is 14.3 Å². The summed E-state index contributed by atoms with van der Waals surface area (Å²) in [6.07, 6.45) is 0.860. The van der Waals surface area contributed by atoms with Crippen LogP contribution in [0.3, 0.4) is 0 Å². The Morgan fingerprint density at radius 3 is 2.33 bits per heavy atom. The molecule has 3 rings (SSSR count). The Labute approximate surface area is 186 Å². The molecule has 8 heteroatoms. The van der Waals surface area contributed by atoms with Gasteiger partial charge in [0.05, 0.1) is 16.6 Å². The van der Waals surface area contributed by atoms with Gasteiger partial charge >= 0.3 is 0 Å². The molecule has 0 bridgehead atoms. The fourth-order valence-electron chi connectivity index (χ4n) is 3.34. The maximum Gasteiger partial charge on any atom is 0.260 e. The first-order valence-electron chi connectivity index (χ1n) is 9.92. The molecule has 1 aliphatic rings. The van der Waals surface area contributed by atoms with Gasteiger partial charge in [0.2, 0.25) is 5.91 Å². The quantitative estimate of drug-likeness (QED) is 0.699. The third-order valence-corrected chi connectivity index (χ3v) is 5.62. The fourth-order valence-corrected chi connectivity index (χ4v) is 3.85. The molecule has 6 nitrogen and oxygen atoms in total. The van der Waals surface area contributed by atoms with Gasteiger partial charge in [0.1, 0.15) is 0 Å². The van der Waals surface area contributed by atoms with E-state index in [0.717, 1.165) is 17.7 Å². The Balaban J connectivity index is 1.44. The monoisotopic (exact) mass is 449 g/mol. The number of nitrogens with one attached hydrogen (secondary N) is 1. The third-order valence-electron chi connectivity index (χ3n) is 5.02. The highest BCUT2D eigenvalue weighted by atomic mass is 35.5. The molecule has 1 aliphatic heterocycles. The van der Waals surface area contributed by atoms with Gasteiger partial charge in [0, 0.05) is 31.9 Å². The van der Waals surface area contributed by atoms with Gasteiger partial charge in [-0.1, -0.05) is 54.4 Å². The number of piperazine rings is 1. The predicted molar refractivity (Wildman–Crippen MR) is 119 cm³/mol. The van der Waals surface area contributed by atoms with E-state index >= 15 is 0 Å². The summed E-state index contributed by atoms with van der Waals surface area (Å²) >= 11 is 12.1. The zero-order valence-electron chi connectivity index (χ0n) is 16.9. The van der Waals surface area contributed by atoms with E-state index in [4.69, 9.17) is 27.9 Å². The molecule has 0 aromatic heterocycles. The lowest BCUT2D eigenvalue weighted by Gasteiger charge is -2.34. The number of rotatable bonds is 7. The molecule has 1 heterocycles. The highest BCUT2D eigenvalue weighted by Gasteiger charge is 2.23. The predicted octanol–water partition coefficient (Wildman–Crippen LogP) is 3.72. The zero-order valence-corrected chi connectivity index (χ0v) is 18.4. The molecule has 1 N–H and O–H groups in total. The van der Waals surface area contributed by atoms with E-state index in [1.807, 2.05) is 29.2 Å². The molecule has 1 fully saturated rings. The van der Waals surface area contributed by atoms with Crippen molar-refractivity contribution >= 4 is 40.7 Å². The summed E-state index contributed by atoms with van der Waals surface area (Å²) in [6.45, 7) is 4.56. The summed E-state index contributed by atoms with van der Waals surface area (Å²) < 4.78 is 5.53. The molecule has 0 spiro atoms. The first-order chi connectivity index (χ1) is 14.5. The average molecular weight is 450 g/mol. The van der Waals surface area contributed by atoms with Crippen LogP contribution in [-0.4, -0.2) is 60.9 Å². The normalized spacial score (nSPS) is 14.4. The molecule has 0 radical (unpaired) electrons. The van der Waals surface area contributed by atoms with Gasteiger partial charge in [0.15, 0.2) is 12.4 Å². The van der Waals surface area contributed by atoms with Crippen LogP contribution in [-0.2, 0) is 16.0 Å². The molecule has 2 aromatic carbocycles. The highest BCUT2D eigenvalue weighted by molar-refractivity contribution is 6.37. The third kappa shape index (κ3) is 5.88. The van der Waals surface area contributed by atoms with Gasteiger partial charge in [-0.15, -0.1) is 0 Å². The topological polar surface area (TPSA) is 61.9 Å². The lowest BCUT2D eigenvalue weighted by molar-refractivity contribution is -0.135. The van der Waals surface area contributed by atoms with Gasteiger partial charge in [-0.3, -0.25) is 14.5 Å². The number of anilines is 1. The molecule has 2 amide bonds. The molecule has 0 atom stereocenters. The number of nitrogens with zero attached hydrogens (tertiary/aromatic N) is 2. The number of carbonyl (C=O) groups is 2. The maximum atomic E-state index is 12.5. The molecule has 0 unspecified atom stereocenters. The van der Waals surface area contributed by atoms with E-state index in [9.17, 15) is 9.59 Å². The second kappa shape index (κ2) is 10.7. The van der Waals surface area contributed by atoms with Crippen LogP contribution in [0.5, 0.6) is 5.75 Å². The summed E-state index contributed by atoms with van der Waals surface area (Å²) in [4.78, 5) is 28.6. The Morgan fingerprint density at radius 2 is 1.67 bits per heavy atom. The lowest BCUT2D eigenvalue weighted by atomic mass is 10.1. The van der Waals surface area contributed by atoms with Crippen LogP contribution in [0, 0.1) is 0 Å². The van der Waals surface area contributed by atoms with Crippen LogP contribution in [0.1, 0.15) is 12.5 Å². The van der Waals surface area contributed by atoms with E-state index < -0.39 is 0 Å². The minimum absolute atomic E-state index is 0.0487. The number of carbonyl (C=O) groups excluding carboxylic acids is 2. The molecule has 0 aliphatic carbocycles. The number of halogens is 2. The SMILES string of the molecule is CCc1ccccc1NC(=O)CN1CCN(C(=O)COc2c(Cl)cccc2Cl)CC1. The summed E-state index contributed by atoms with van der Waals surface area (Å²) in [6, 6.07) is 12.9. The van der Waals surface area contributed by atoms with Crippen molar-refractivity contribution in [2.45, 2.75) is 13.3 Å². The first-order valence-corrected chi connectivity index (χ1v) is 10.7. The van der Waals surface area contributed by atoms with Gasteiger partial charge in [-0.25, -0.2) is 0 Å². The molecular weight excluding hydrogens is 425 g/mol. The van der Waals surface area contributed by atoms with Crippen LogP contribution in [0.25, 0.3) is 0 Å². The second-order valence-electron chi connectivity index (χ2n) is 7.06. The van der Waals surface area contributed by atoms with Crippen molar-refractivity contribution in [2.75, 3.05) is 44.6 Å². The Morgan fingerprint density at radius 1 is 1.00 bits per heavy atom. The number of hydrogen-bond donors (Lipinski definition) is 1. The largest absolute Gasteiger partial charge is 0.481 e. The van der Waals surface area contributed by atoms with Crippen molar-refractivity contribution in [1.29, 1.82) is 0 Å². The summed E-state index contributed by atoms with van der Waals surface area (Å²) in [5.41, 5.74) is 1.97. The van der Waals surface area contributed by atoms with E-state index in [-0.39, 0.29) is 18.4 Å². The first kappa shape index (κ1) is 22.4. The summed E-state index contributed by atoms with van der Waals surface area (Å²) in [5, 5.41) is 3.73. The van der Waals surface area contributed by atoms with Gasteiger partial charge in [0.25, 0.3) is 5.91 Å². The Bertz CT molecular complexity index is 879. The zero-order chi connectivity index (χ0) is 21.5. The van der Waals surface area contributed by atoms with Crippen LogP contribution < -0.4 is 10.1 Å². The second-order valence-corrected chi connectivity index (χ2v) is 7.87. The smallest absolute Gasteiger partial charge is 0.260 e. The molecule has 1 saturated heterocycles. The van der Waals surface area contributed by atoms with Gasteiger partial charge < -0.3 is 15.0 Å². The van der Waals surface area contributed by atoms with Crippen LogP contribution in [0.15, 0.2) is 42.5 Å². The Kier molecular flexibility index (Phi) is 7.96. The highest BCUT2D eigenvalue weighted by Crippen LogP contribution is 2.32. The van der Waals surface area contributed by atoms with E-state index in [2.05, 4.69) is 12.2 Å². The van der Waals surface area contributed by atoms with E-state index in [0.29, 0.717) is 48.5 Å². The Hall–Kier alpha value is -2.28. The molecule has 0 saturated carbocycles. The van der Waals surface area contributed by atoms with E-state index in [1.54, 1.807) is 23.1 Å². The van der Waals surface area contributed by atoms with Gasteiger partial charge in [-0.05, 0) is 30.2 Å². The maximum absolute atomic E-state index is 12.5. The molecule has 2 aromatic rings. The fraction of sp³-hybridized carbons (Fsp3) is 0.364. The number of hydrogen-bond acceptors (Lipinski definition) is 4. The number of amides is 2. The van der Waals surface area contributed by atoms with Crippen LogP contribution in [0.4, 0.5) is 5.69 Å².